The topological polar surface area (TPSA) is 65.9 Å². The fraction of sp³-hybridized carbons (Fsp3) is 0.632. The Kier molecular flexibility index (Phi) is 10.6. The van der Waals surface area contributed by atoms with E-state index in [2.05, 4.69) is 22.5 Å². The van der Waals surface area contributed by atoms with Crippen LogP contribution >= 0.6 is 0 Å². The lowest BCUT2D eigenvalue weighted by molar-refractivity contribution is 0.251. The molecule has 0 spiro atoms. The Morgan fingerprint density at radius 3 is 2.64 bits per heavy atom. The number of hydrogen-bond acceptors (Lipinski definition) is 3. The number of aliphatic imine (C=N–C) groups is 1. The summed E-state index contributed by atoms with van der Waals surface area (Å²) in [6.07, 6.45) is 2.94. The molecule has 1 unspecified atom stereocenters. The van der Waals surface area contributed by atoms with Crippen LogP contribution < -0.4 is 15.4 Å². The lowest BCUT2D eigenvalue weighted by atomic mass is 10.0. The molecule has 0 saturated heterocycles. The van der Waals surface area contributed by atoms with Crippen molar-refractivity contribution in [3.63, 3.8) is 0 Å². The van der Waals surface area contributed by atoms with Gasteiger partial charge in [-0.25, -0.2) is 9.38 Å². The molecule has 0 bridgehead atoms. The molecule has 25 heavy (non-hydrogen) atoms. The van der Waals surface area contributed by atoms with Crippen LogP contribution in [0.2, 0.25) is 0 Å². The third kappa shape index (κ3) is 8.20. The molecule has 0 aliphatic heterocycles. The van der Waals surface area contributed by atoms with Crippen molar-refractivity contribution < 1.29 is 14.2 Å². The van der Waals surface area contributed by atoms with Gasteiger partial charge in [0.15, 0.2) is 17.5 Å². The maximum absolute atomic E-state index is 13.9. The first-order valence-corrected chi connectivity index (χ1v) is 9.18. The van der Waals surface area contributed by atoms with E-state index in [4.69, 9.17) is 9.84 Å². The maximum Gasteiger partial charge on any atom is 0.191 e. The largest absolute Gasteiger partial charge is 0.491 e. The van der Waals surface area contributed by atoms with Crippen LogP contribution in [0.15, 0.2) is 23.2 Å². The molecule has 0 aliphatic carbocycles. The lowest BCUT2D eigenvalue weighted by Crippen LogP contribution is -2.40. The minimum absolute atomic E-state index is 0.200. The molecule has 0 aromatic heterocycles. The zero-order valence-electron chi connectivity index (χ0n) is 15.6. The highest BCUT2D eigenvalue weighted by Crippen LogP contribution is 2.18. The van der Waals surface area contributed by atoms with Crippen LogP contribution in [0.1, 0.15) is 45.6 Å². The normalized spacial score (nSPS) is 12.8. The highest BCUT2D eigenvalue weighted by Gasteiger charge is 2.09. The molecule has 1 rings (SSSR count). The van der Waals surface area contributed by atoms with Gasteiger partial charge in [0.25, 0.3) is 0 Å². The second-order valence-electron chi connectivity index (χ2n) is 5.94. The highest BCUT2D eigenvalue weighted by molar-refractivity contribution is 5.79. The van der Waals surface area contributed by atoms with Gasteiger partial charge in [-0.1, -0.05) is 19.4 Å². The van der Waals surface area contributed by atoms with E-state index in [1.807, 2.05) is 19.9 Å². The van der Waals surface area contributed by atoms with Crippen LogP contribution in [0.5, 0.6) is 5.75 Å². The van der Waals surface area contributed by atoms with Gasteiger partial charge in [0.05, 0.1) is 13.2 Å². The smallest absolute Gasteiger partial charge is 0.191 e. The Labute approximate surface area is 150 Å². The summed E-state index contributed by atoms with van der Waals surface area (Å²) < 4.78 is 19.1. The van der Waals surface area contributed by atoms with Crippen molar-refractivity contribution in [2.24, 2.45) is 10.9 Å². The van der Waals surface area contributed by atoms with Gasteiger partial charge in [-0.2, -0.15) is 0 Å². The number of hydrogen-bond donors (Lipinski definition) is 3. The van der Waals surface area contributed by atoms with Crippen molar-refractivity contribution in [1.82, 2.24) is 10.6 Å². The highest BCUT2D eigenvalue weighted by atomic mass is 19.1. The van der Waals surface area contributed by atoms with E-state index in [1.165, 1.54) is 6.07 Å². The molecule has 5 nitrogen and oxygen atoms in total. The molecule has 0 heterocycles. The number of guanidine groups is 1. The number of rotatable bonds is 11. The average Bonchev–Trinajstić information content (AvgIpc) is 2.60. The van der Waals surface area contributed by atoms with E-state index < -0.39 is 0 Å². The summed E-state index contributed by atoms with van der Waals surface area (Å²) >= 11 is 0. The van der Waals surface area contributed by atoms with E-state index in [0.717, 1.165) is 37.9 Å². The van der Waals surface area contributed by atoms with Crippen LogP contribution in [0.3, 0.4) is 0 Å². The standard InChI is InChI=1S/C19H32FN3O2/c1-4-7-15(10-11-24)13-22-19(21-5-2)23-14-16-8-9-18(25-6-3)17(20)12-16/h8-9,12,15,24H,4-7,10-11,13-14H2,1-3H3,(H2,21,22,23). The Hall–Kier alpha value is -1.82. The zero-order valence-corrected chi connectivity index (χ0v) is 15.6. The Balaban J connectivity index is 2.66. The number of nitrogens with one attached hydrogen (secondary N) is 2. The second kappa shape index (κ2) is 12.5. The molecule has 142 valence electrons. The van der Waals surface area contributed by atoms with E-state index in [9.17, 15) is 4.39 Å². The van der Waals surface area contributed by atoms with E-state index in [-0.39, 0.29) is 18.2 Å². The van der Waals surface area contributed by atoms with Crippen molar-refractivity contribution >= 4 is 5.96 Å². The first-order valence-electron chi connectivity index (χ1n) is 9.18. The summed E-state index contributed by atoms with van der Waals surface area (Å²) in [4.78, 5) is 4.52. The first-order chi connectivity index (χ1) is 12.1. The lowest BCUT2D eigenvalue weighted by Gasteiger charge is -2.18. The van der Waals surface area contributed by atoms with Crippen LogP contribution in [0, 0.1) is 11.7 Å². The van der Waals surface area contributed by atoms with Crippen LogP contribution in [0.25, 0.3) is 0 Å². The third-order valence-electron chi connectivity index (χ3n) is 3.85. The Morgan fingerprint density at radius 2 is 2.04 bits per heavy atom. The molecule has 0 radical (unpaired) electrons. The predicted octanol–water partition coefficient (Wildman–Crippen LogP) is 3.08. The van der Waals surface area contributed by atoms with Crippen molar-refractivity contribution in [2.75, 3.05) is 26.3 Å². The zero-order chi connectivity index (χ0) is 18.5. The summed E-state index contributed by atoms with van der Waals surface area (Å²) in [5.41, 5.74) is 0.790. The average molecular weight is 353 g/mol. The maximum atomic E-state index is 13.9. The fourth-order valence-corrected chi connectivity index (χ4v) is 2.61. The number of aliphatic hydroxyl groups excluding tert-OH is 1. The summed E-state index contributed by atoms with van der Waals surface area (Å²) in [5, 5.41) is 15.7. The minimum Gasteiger partial charge on any atom is -0.491 e. The number of ether oxygens (including phenoxy) is 1. The van der Waals surface area contributed by atoms with Gasteiger partial charge in [-0.05, 0) is 50.3 Å². The molecule has 1 atom stereocenters. The van der Waals surface area contributed by atoms with Crippen molar-refractivity contribution in [1.29, 1.82) is 0 Å². The number of benzene rings is 1. The van der Waals surface area contributed by atoms with Gasteiger partial charge in [0.1, 0.15) is 0 Å². The molecule has 1 aromatic rings. The van der Waals surface area contributed by atoms with Crippen LogP contribution in [-0.4, -0.2) is 37.4 Å². The number of nitrogens with zero attached hydrogens (tertiary/aromatic N) is 1. The van der Waals surface area contributed by atoms with Crippen molar-refractivity contribution in [3.05, 3.63) is 29.6 Å². The summed E-state index contributed by atoms with van der Waals surface area (Å²) in [7, 11) is 0. The Morgan fingerprint density at radius 1 is 1.24 bits per heavy atom. The molecule has 0 aliphatic rings. The summed E-state index contributed by atoms with van der Waals surface area (Å²) in [5.74, 6) is 1.03. The molecule has 0 saturated carbocycles. The van der Waals surface area contributed by atoms with Crippen molar-refractivity contribution in [2.45, 2.75) is 46.6 Å². The summed E-state index contributed by atoms with van der Waals surface area (Å²) in [6.45, 7) is 8.52. The quantitative estimate of drug-likeness (QED) is 0.422. The van der Waals surface area contributed by atoms with Crippen LogP contribution in [-0.2, 0) is 6.54 Å². The van der Waals surface area contributed by atoms with Gasteiger partial charge in [-0.15, -0.1) is 0 Å². The molecule has 0 amide bonds. The number of aliphatic hydroxyl groups is 1. The molecule has 0 fully saturated rings. The van der Waals surface area contributed by atoms with Gasteiger partial charge < -0.3 is 20.5 Å². The van der Waals surface area contributed by atoms with E-state index in [0.29, 0.717) is 25.0 Å². The SMILES string of the molecule is CCCC(CCO)CNC(=NCc1ccc(OCC)c(F)c1)NCC. The van der Waals surface area contributed by atoms with Gasteiger partial charge in [0, 0.05) is 19.7 Å². The molecule has 3 N–H and O–H groups in total. The van der Waals surface area contributed by atoms with Crippen LogP contribution in [0.4, 0.5) is 4.39 Å². The molecule has 1 aromatic carbocycles. The van der Waals surface area contributed by atoms with Crippen molar-refractivity contribution in [3.8, 4) is 5.75 Å². The van der Waals surface area contributed by atoms with Gasteiger partial charge in [-0.3, -0.25) is 0 Å². The minimum atomic E-state index is -0.363. The Bertz CT molecular complexity index is 517. The fourth-order valence-electron chi connectivity index (χ4n) is 2.61. The number of halogens is 1. The second-order valence-corrected chi connectivity index (χ2v) is 5.94. The first kappa shape index (κ1) is 21.2. The predicted molar refractivity (Wildman–Crippen MR) is 100 cm³/mol. The molecular formula is C19H32FN3O2. The van der Waals surface area contributed by atoms with E-state index in [1.54, 1.807) is 6.07 Å². The summed E-state index contributed by atoms with van der Waals surface area (Å²) in [6, 6.07) is 4.93. The monoisotopic (exact) mass is 353 g/mol. The van der Waals surface area contributed by atoms with Gasteiger partial charge in [0.2, 0.25) is 0 Å². The molecular weight excluding hydrogens is 321 g/mol. The van der Waals surface area contributed by atoms with E-state index >= 15 is 0 Å². The third-order valence-corrected chi connectivity index (χ3v) is 3.85. The van der Waals surface area contributed by atoms with Gasteiger partial charge >= 0.3 is 0 Å². The molecule has 6 heteroatoms.